The van der Waals surface area contributed by atoms with Crippen LogP contribution in [0.2, 0.25) is 0 Å². The molecule has 2 aromatic carbocycles. The van der Waals surface area contributed by atoms with Gasteiger partial charge in [0.2, 0.25) is 0 Å². The molecule has 0 amide bonds. The monoisotopic (exact) mass is 242 g/mol. The van der Waals surface area contributed by atoms with Crippen molar-refractivity contribution in [1.29, 1.82) is 0 Å². The molecule has 0 aromatic heterocycles. The molecule has 1 aliphatic heterocycles. The fourth-order valence-corrected chi connectivity index (χ4v) is 2.25. The topological polar surface area (TPSA) is 12.5 Å². The first-order chi connectivity index (χ1) is 8.33. The van der Waals surface area contributed by atoms with Crippen molar-refractivity contribution in [2.75, 3.05) is 0 Å². The second-order valence-corrected chi connectivity index (χ2v) is 4.89. The van der Waals surface area contributed by atoms with Crippen LogP contribution in [0.3, 0.4) is 0 Å². The summed E-state index contributed by atoms with van der Waals surface area (Å²) in [6.45, 7) is 0. The third-order valence-corrected chi connectivity index (χ3v) is 3.38. The molecule has 2 atom stereocenters. The first-order valence-electron chi connectivity index (χ1n) is 5.81. The molecular weight excluding hydrogens is 228 g/mol. The van der Waals surface area contributed by atoms with Gasteiger partial charge in [-0.2, -0.15) is 0 Å². The lowest BCUT2D eigenvalue weighted by atomic mass is 10.0. The molecule has 1 nitrogen and oxygen atoms in total. The van der Waals surface area contributed by atoms with Crippen molar-refractivity contribution < 1.29 is 4.74 Å². The van der Waals surface area contributed by atoms with Crippen LogP contribution in [0.5, 0.6) is 0 Å². The average Bonchev–Trinajstić information content (AvgIpc) is 3.13. The summed E-state index contributed by atoms with van der Waals surface area (Å²) in [5.74, 6) is 0. The molecule has 2 heteroatoms. The van der Waals surface area contributed by atoms with E-state index in [0.717, 1.165) is 11.3 Å². The van der Waals surface area contributed by atoms with Gasteiger partial charge in [0.25, 0.3) is 0 Å². The highest BCUT2D eigenvalue weighted by Gasteiger charge is 2.39. The minimum atomic E-state index is 0.284. The minimum Gasteiger partial charge on any atom is -0.364 e. The van der Waals surface area contributed by atoms with Crippen LogP contribution in [0.25, 0.3) is 0 Å². The quantitative estimate of drug-likeness (QED) is 0.640. The van der Waals surface area contributed by atoms with Gasteiger partial charge in [0.05, 0.1) is 6.10 Å². The number of epoxide rings is 1. The fourth-order valence-electron chi connectivity index (χ4n) is 2.10. The lowest BCUT2D eigenvalue weighted by molar-refractivity contribution is 0.373. The Kier molecular flexibility index (Phi) is 2.91. The molecule has 0 radical (unpaired) electrons. The third-order valence-electron chi connectivity index (χ3n) is 3.08. The largest absolute Gasteiger partial charge is 0.364 e. The smallest absolute Gasteiger partial charge is 0.109 e. The van der Waals surface area contributed by atoms with E-state index in [1.54, 1.807) is 0 Å². The second-order valence-electron chi connectivity index (χ2n) is 4.38. The molecule has 0 aliphatic carbocycles. The van der Waals surface area contributed by atoms with E-state index in [0.29, 0.717) is 6.10 Å². The molecule has 0 saturated carbocycles. The van der Waals surface area contributed by atoms with Crippen LogP contribution in [0.4, 0.5) is 0 Å². The highest BCUT2D eigenvalue weighted by molar-refractivity contribution is 7.80. The summed E-state index contributed by atoms with van der Waals surface area (Å²) in [6, 6.07) is 18.7. The minimum absolute atomic E-state index is 0.284. The lowest BCUT2D eigenvalue weighted by Gasteiger charge is -1.98. The molecular formula is C15H14OS. The first kappa shape index (κ1) is 10.9. The fraction of sp³-hybridized carbons (Fsp3) is 0.200. The van der Waals surface area contributed by atoms with E-state index in [-0.39, 0.29) is 6.10 Å². The van der Waals surface area contributed by atoms with Crippen LogP contribution in [0.1, 0.15) is 17.2 Å². The summed E-state index contributed by atoms with van der Waals surface area (Å²) in [5, 5.41) is 0. The lowest BCUT2D eigenvalue weighted by Crippen LogP contribution is -1.94. The molecule has 1 saturated heterocycles. The molecule has 2 aromatic rings. The molecule has 0 bridgehead atoms. The highest BCUT2D eigenvalue weighted by atomic mass is 32.1. The van der Waals surface area contributed by atoms with Crippen LogP contribution < -0.4 is 0 Å². The van der Waals surface area contributed by atoms with Crippen LogP contribution >= 0.6 is 12.6 Å². The number of hydrogen-bond acceptors (Lipinski definition) is 2. The van der Waals surface area contributed by atoms with Gasteiger partial charge in [0, 0.05) is 11.3 Å². The number of rotatable bonds is 3. The van der Waals surface area contributed by atoms with Crippen LogP contribution in [-0.4, -0.2) is 6.10 Å². The molecule has 0 spiro atoms. The molecule has 1 fully saturated rings. The predicted molar refractivity (Wildman–Crippen MR) is 71.5 cm³/mol. The van der Waals surface area contributed by atoms with E-state index in [1.807, 2.05) is 18.2 Å². The maximum Gasteiger partial charge on any atom is 0.109 e. The van der Waals surface area contributed by atoms with Gasteiger partial charge in [-0.05, 0) is 23.3 Å². The number of ether oxygens (including phenoxy) is 1. The van der Waals surface area contributed by atoms with Gasteiger partial charge in [-0.25, -0.2) is 0 Å². The van der Waals surface area contributed by atoms with Gasteiger partial charge in [0.1, 0.15) is 6.10 Å². The van der Waals surface area contributed by atoms with Gasteiger partial charge < -0.3 is 4.74 Å². The number of hydrogen-bond donors (Lipinski definition) is 1. The van der Waals surface area contributed by atoms with Crippen LogP contribution in [0.15, 0.2) is 59.5 Å². The maximum atomic E-state index is 5.72. The summed E-state index contributed by atoms with van der Waals surface area (Å²) in [7, 11) is 0. The van der Waals surface area contributed by atoms with Crippen molar-refractivity contribution in [1.82, 2.24) is 0 Å². The Balaban J connectivity index is 1.64. The SMILES string of the molecule is Sc1ccc(CC2OC2c2ccccc2)cc1. The van der Waals surface area contributed by atoms with E-state index < -0.39 is 0 Å². The second kappa shape index (κ2) is 4.55. The normalized spacial score (nSPS) is 22.4. The van der Waals surface area contributed by atoms with Gasteiger partial charge >= 0.3 is 0 Å². The summed E-state index contributed by atoms with van der Waals surface area (Å²) in [5.41, 5.74) is 2.59. The molecule has 3 rings (SSSR count). The van der Waals surface area contributed by atoms with Crippen molar-refractivity contribution in [3.8, 4) is 0 Å². The van der Waals surface area contributed by atoms with Crippen molar-refractivity contribution in [3.05, 3.63) is 65.7 Å². The van der Waals surface area contributed by atoms with Crippen molar-refractivity contribution in [2.24, 2.45) is 0 Å². The van der Waals surface area contributed by atoms with E-state index in [4.69, 9.17) is 4.74 Å². The van der Waals surface area contributed by atoms with E-state index in [2.05, 4.69) is 49.0 Å². The number of benzene rings is 2. The highest BCUT2D eigenvalue weighted by Crippen LogP contribution is 2.40. The van der Waals surface area contributed by atoms with Crippen LogP contribution in [0, 0.1) is 0 Å². The van der Waals surface area contributed by atoms with Gasteiger partial charge in [-0.15, -0.1) is 12.6 Å². The van der Waals surface area contributed by atoms with E-state index in [9.17, 15) is 0 Å². The summed E-state index contributed by atoms with van der Waals surface area (Å²) in [6.07, 6.45) is 1.60. The molecule has 1 aliphatic rings. The first-order valence-corrected chi connectivity index (χ1v) is 6.26. The molecule has 1 heterocycles. The Morgan fingerprint density at radius 2 is 1.65 bits per heavy atom. The Bertz CT molecular complexity index is 492. The zero-order valence-corrected chi connectivity index (χ0v) is 10.3. The van der Waals surface area contributed by atoms with Crippen molar-refractivity contribution in [3.63, 3.8) is 0 Å². The molecule has 86 valence electrons. The summed E-state index contributed by atoms with van der Waals surface area (Å²) in [4.78, 5) is 1.00. The summed E-state index contributed by atoms with van der Waals surface area (Å²) < 4.78 is 5.72. The van der Waals surface area contributed by atoms with Gasteiger partial charge in [-0.1, -0.05) is 42.5 Å². The zero-order valence-electron chi connectivity index (χ0n) is 9.41. The van der Waals surface area contributed by atoms with Gasteiger partial charge in [0.15, 0.2) is 0 Å². The number of thiol groups is 1. The molecule has 2 unspecified atom stereocenters. The third kappa shape index (κ3) is 2.54. The zero-order chi connectivity index (χ0) is 11.7. The van der Waals surface area contributed by atoms with Crippen molar-refractivity contribution >= 4 is 12.6 Å². The predicted octanol–water partition coefficient (Wildman–Crippen LogP) is 3.66. The average molecular weight is 242 g/mol. The maximum absolute atomic E-state index is 5.72. The van der Waals surface area contributed by atoms with Crippen LogP contribution in [-0.2, 0) is 11.2 Å². The molecule has 17 heavy (non-hydrogen) atoms. The van der Waals surface area contributed by atoms with Crippen molar-refractivity contribution in [2.45, 2.75) is 23.5 Å². The Hall–Kier alpha value is -1.25. The van der Waals surface area contributed by atoms with E-state index >= 15 is 0 Å². The standard InChI is InChI=1S/C15H14OS/c17-13-8-6-11(7-9-13)10-14-15(16-14)12-4-2-1-3-5-12/h1-9,14-15,17H,10H2. The Labute approximate surface area is 107 Å². The Morgan fingerprint density at radius 3 is 2.35 bits per heavy atom. The summed E-state index contributed by atoms with van der Waals surface area (Å²) >= 11 is 4.28. The van der Waals surface area contributed by atoms with Gasteiger partial charge in [-0.3, -0.25) is 0 Å². The van der Waals surface area contributed by atoms with E-state index in [1.165, 1.54) is 11.1 Å². The Morgan fingerprint density at radius 1 is 0.941 bits per heavy atom. The molecule has 0 N–H and O–H groups in total.